The number of fused-ring (bicyclic) bond motifs is 1. The zero-order valence-corrected chi connectivity index (χ0v) is 22.1. The molecule has 7 nitrogen and oxygen atoms in total. The van der Waals surface area contributed by atoms with E-state index < -0.39 is 29.7 Å². The molecule has 0 aliphatic carbocycles. The van der Waals surface area contributed by atoms with Gasteiger partial charge >= 0.3 is 6.09 Å². The summed E-state index contributed by atoms with van der Waals surface area (Å²) in [5.41, 5.74) is 1.51. The number of thiol groups is 1. The van der Waals surface area contributed by atoms with Gasteiger partial charge in [-0.1, -0.05) is 60.2 Å². The van der Waals surface area contributed by atoms with Crippen LogP contribution in [0.2, 0.25) is 0 Å². The number of benzene rings is 3. The molecule has 2 unspecified atom stereocenters. The van der Waals surface area contributed by atoms with E-state index in [1.807, 2.05) is 67.6 Å². The molecule has 0 saturated heterocycles. The average Bonchev–Trinajstić information content (AvgIpc) is 2.81. The van der Waals surface area contributed by atoms with Gasteiger partial charge in [-0.3, -0.25) is 9.59 Å². The third-order valence-corrected chi connectivity index (χ3v) is 5.89. The molecule has 0 fully saturated rings. The zero-order valence-electron chi connectivity index (χ0n) is 21.2. The summed E-state index contributed by atoms with van der Waals surface area (Å²) >= 11 is 4.26. The first-order chi connectivity index (χ1) is 17.0. The molecule has 8 heteroatoms. The van der Waals surface area contributed by atoms with Crippen LogP contribution in [0.5, 0.6) is 0 Å². The normalized spacial score (nSPS) is 12.9. The van der Waals surface area contributed by atoms with Gasteiger partial charge in [0.15, 0.2) is 0 Å². The molecule has 0 aliphatic rings. The number of hydrogen-bond donors (Lipinski definition) is 3. The molecule has 36 heavy (non-hydrogen) atoms. The van der Waals surface area contributed by atoms with Crippen molar-refractivity contribution in [3.05, 3.63) is 77.9 Å². The maximum Gasteiger partial charge on any atom is 0.408 e. The van der Waals surface area contributed by atoms with Crippen molar-refractivity contribution in [3.8, 4) is 0 Å². The van der Waals surface area contributed by atoms with Crippen molar-refractivity contribution in [1.29, 1.82) is 0 Å². The Morgan fingerprint density at radius 1 is 0.972 bits per heavy atom. The topological polar surface area (TPSA) is 87.7 Å². The number of likely N-dealkylation sites (N-methyl/N-ethyl adjacent to an activating group) is 1. The summed E-state index contributed by atoms with van der Waals surface area (Å²) in [5, 5.41) is 7.57. The van der Waals surface area contributed by atoms with E-state index in [0.717, 1.165) is 16.3 Å². The Morgan fingerprint density at radius 2 is 1.67 bits per heavy atom. The number of amides is 3. The number of rotatable bonds is 7. The number of carbonyl (C=O) groups excluding carboxylic acids is 3. The van der Waals surface area contributed by atoms with Crippen LogP contribution in [0.25, 0.3) is 10.8 Å². The van der Waals surface area contributed by atoms with E-state index in [0.29, 0.717) is 11.3 Å². The molecule has 0 bridgehead atoms. The van der Waals surface area contributed by atoms with Gasteiger partial charge in [0.1, 0.15) is 17.7 Å². The van der Waals surface area contributed by atoms with Crippen molar-refractivity contribution in [1.82, 2.24) is 10.2 Å². The van der Waals surface area contributed by atoms with Gasteiger partial charge in [0.25, 0.3) is 5.91 Å². The van der Waals surface area contributed by atoms with Gasteiger partial charge < -0.3 is 20.3 Å². The first-order valence-electron chi connectivity index (χ1n) is 11.7. The molecule has 0 heterocycles. The molecule has 0 aromatic heterocycles. The monoisotopic (exact) mass is 507 g/mol. The summed E-state index contributed by atoms with van der Waals surface area (Å²) in [6.45, 7) is 7.13. The highest BCUT2D eigenvalue weighted by Gasteiger charge is 2.33. The van der Waals surface area contributed by atoms with Gasteiger partial charge in [0, 0.05) is 18.5 Å². The van der Waals surface area contributed by atoms with Crippen LogP contribution in [0.3, 0.4) is 0 Å². The minimum absolute atomic E-state index is 0.0370. The van der Waals surface area contributed by atoms with Crippen LogP contribution in [0.4, 0.5) is 10.5 Å². The van der Waals surface area contributed by atoms with Crippen molar-refractivity contribution in [2.75, 3.05) is 18.1 Å². The van der Waals surface area contributed by atoms with E-state index in [9.17, 15) is 14.4 Å². The summed E-state index contributed by atoms with van der Waals surface area (Å²) in [6, 6.07) is 19.0. The fraction of sp³-hybridized carbons (Fsp3) is 0.321. The fourth-order valence-corrected chi connectivity index (χ4v) is 4.12. The molecule has 2 atom stereocenters. The van der Waals surface area contributed by atoms with Crippen molar-refractivity contribution in [3.63, 3.8) is 0 Å². The summed E-state index contributed by atoms with van der Waals surface area (Å²) < 4.78 is 5.29. The van der Waals surface area contributed by atoms with Gasteiger partial charge in [0.2, 0.25) is 5.91 Å². The lowest BCUT2D eigenvalue weighted by atomic mass is 10.0. The molecular formula is C28H33N3O4S. The highest BCUT2D eigenvalue weighted by molar-refractivity contribution is 7.80. The lowest BCUT2D eigenvalue weighted by Crippen LogP contribution is -2.52. The van der Waals surface area contributed by atoms with Crippen LogP contribution in [0.1, 0.15) is 37.9 Å². The smallest absolute Gasteiger partial charge is 0.408 e. The quantitative estimate of drug-likeness (QED) is 0.388. The SMILES string of the molecule is Cc1cccc(C(C(=O)Nc2ccc3ccccc3c2)N(C)C(=O)C(CS)NC(=O)OC(C)(C)C)c1. The number of nitrogens with one attached hydrogen (secondary N) is 2. The number of carbonyl (C=O) groups is 3. The lowest BCUT2D eigenvalue weighted by Gasteiger charge is -2.31. The Kier molecular flexibility index (Phi) is 8.63. The van der Waals surface area contributed by atoms with E-state index in [1.165, 1.54) is 4.90 Å². The second-order valence-electron chi connectivity index (χ2n) is 9.70. The molecule has 0 saturated carbocycles. The lowest BCUT2D eigenvalue weighted by molar-refractivity contribution is -0.138. The predicted octanol–water partition coefficient (Wildman–Crippen LogP) is 5.11. The van der Waals surface area contributed by atoms with E-state index in [-0.39, 0.29) is 11.7 Å². The molecular weight excluding hydrogens is 474 g/mol. The molecule has 190 valence electrons. The highest BCUT2D eigenvalue weighted by Crippen LogP contribution is 2.25. The van der Waals surface area contributed by atoms with Crippen LogP contribution < -0.4 is 10.6 Å². The van der Waals surface area contributed by atoms with Gasteiger partial charge in [-0.2, -0.15) is 12.6 Å². The third kappa shape index (κ3) is 7.01. The first kappa shape index (κ1) is 27.1. The minimum Gasteiger partial charge on any atom is -0.444 e. The van der Waals surface area contributed by atoms with Gasteiger partial charge in [-0.25, -0.2) is 4.79 Å². The van der Waals surface area contributed by atoms with Gasteiger partial charge in [-0.05, 0) is 56.2 Å². The molecule has 3 rings (SSSR count). The molecule has 0 radical (unpaired) electrons. The Balaban J connectivity index is 1.88. The van der Waals surface area contributed by atoms with Crippen molar-refractivity contribution < 1.29 is 19.1 Å². The largest absolute Gasteiger partial charge is 0.444 e. The fourth-order valence-electron chi connectivity index (χ4n) is 3.88. The molecule has 3 aromatic carbocycles. The molecule has 0 spiro atoms. The van der Waals surface area contributed by atoms with Gasteiger partial charge in [0.05, 0.1) is 0 Å². The molecule has 2 N–H and O–H groups in total. The second-order valence-corrected chi connectivity index (χ2v) is 10.1. The number of hydrogen-bond acceptors (Lipinski definition) is 5. The third-order valence-electron chi connectivity index (χ3n) is 5.53. The van der Waals surface area contributed by atoms with Gasteiger partial charge in [-0.15, -0.1) is 0 Å². The standard InChI is InChI=1S/C28H33N3O4S/c1-18-9-8-12-21(15-18)24(25(32)29-22-14-13-19-10-6-7-11-20(19)16-22)31(5)26(33)23(17-36)30-27(34)35-28(2,3)4/h6-16,23-24,36H,17H2,1-5H3,(H,29,32)(H,30,34). The van der Waals surface area contributed by atoms with Crippen LogP contribution in [-0.4, -0.2) is 47.3 Å². The van der Waals surface area contributed by atoms with Crippen LogP contribution >= 0.6 is 12.6 Å². The summed E-state index contributed by atoms with van der Waals surface area (Å²) in [5.74, 6) is -0.798. The number of nitrogens with zero attached hydrogens (tertiary/aromatic N) is 1. The predicted molar refractivity (Wildman–Crippen MR) is 146 cm³/mol. The number of ether oxygens (including phenoxy) is 1. The average molecular weight is 508 g/mol. The zero-order chi connectivity index (χ0) is 26.5. The highest BCUT2D eigenvalue weighted by atomic mass is 32.1. The summed E-state index contributed by atoms with van der Waals surface area (Å²) in [7, 11) is 1.54. The Labute approximate surface area is 217 Å². The Hall–Kier alpha value is -3.52. The van der Waals surface area contributed by atoms with E-state index in [1.54, 1.807) is 33.9 Å². The van der Waals surface area contributed by atoms with E-state index >= 15 is 0 Å². The summed E-state index contributed by atoms with van der Waals surface area (Å²) in [6.07, 6.45) is -0.726. The van der Waals surface area contributed by atoms with Crippen LogP contribution in [0, 0.1) is 6.92 Å². The summed E-state index contributed by atoms with van der Waals surface area (Å²) in [4.78, 5) is 40.7. The first-order valence-corrected chi connectivity index (χ1v) is 12.3. The molecule has 0 aliphatic heterocycles. The molecule has 3 aromatic rings. The number of aryl methyl sites for hydroxylation is 1. The van der Waals surface area contributed by atoms with Crippen LogP contribution in [0.15, 0.2) is 66.7 Å². The van der Waals surface area contributed by atoms with E-state index in [4.69, 9.17) is 4.74 Å². The molecule has 3 amide bonds. The maximum absolute atomic E-state index is 13.6. The van der Waals surface area contributed by atoms with E-state index in [2.05, 4.69) is 23.3 Å². The second kappa shape index (κ2) is 11.5. The Morgan fingerprint density at radius 3 is 2.31 bits per heavy atom. The minimum atomic E-state index is -0.978. The van der Waals surface area contributed by atoms with Crippen molar-refractivity contribution in [2.24, 2.45) is 0 Å². The maximum atomic E-state index is 13.6. The Bertz CT molecular complexity index is 1250. The van der Waals surface area contributed by atoms with Crippen molar-refractivity contribution >= 4 is 47.0 Å². The number of anilines is 1. The van der Waals surface area contributed by atoms with Crippen LogP contribution in [-0.2, 0) is 14.3 Å². The number of alkyl carbamates (subject to hydrolysis) is 1. The van der Waals surface area contributed by atoms with Crippen molar-refractivity contribution in [2.45, 2.75) is 45.4 Å².